The van der Waals surface area contributed by atoms with E-state index in [0.29, 0.717) is 25.6 Å². The first-order chi connectivity index (χ1) is 9.15. The summed E-state index contributed by atoms with van der Waals surface area (Å²) >= 11 is 3.60. The lowest BCUT2D eigenvalue weighted by Crippen LogP contribution is -2.05. The number of hydrogen-bond donors (Lipinski definition) is 0. The highest BCUT2D eigenvalue weighted by atomic mass is 79.9. The molecule has 0 fully saturated rings. The molecule has 0 saturated carbocycles. The highest BCUT2D eigenvalue weighted by molar-refractivity contribution is 9.10. The summed E-state index contributed by atoms with van der Waals surface area (Å²) in [4.78, 5) is 10.6. The van der Waals surface area contributed by atoms with Gasteiger partial charge in [0.05, 0.1) is 13.2 Å². The van der Waals surface area contributed by atoms with Gasteiger partial charge in [-0.05, 0) is 24.0 Å². The lowest BCUT2D eigenvalue weighted by atomic mass is 9.93. The average Bonchev–Trinajstić information content (AvgIpc) is 2.60. The predicted molar refractivity (Wildman–Crippen MR) is 78.2 cm³/mol. The lowest BCUT2D eigenvalue weighted by molar-refractivity contribution is -0.107. The first-order valence-corrected chi connectivity index (χ1v) is 7.49. The zero-order valence-electron chi connectivity index (χ0n) is 11.4. The van der Waals surface area contributed by atoms with Gasteiger partial charge in [0.25, 0.3) is 0 Å². The highest BCUT2D eigenvalue weighted by Gasteiger charge is 2.22. The van der Waals surface area contributed by atoms with Gasteiger partial charge in [0, 0.05) is 22.9 Å². The van der Waals surface area contributed by atoms with Crippen LogP contribution in [0.1, 0.15) is 43.7 Å². The topological polar surface area (TPSA) is 35.5 Å². The minimum atomic E-state index is 0.328. The van der Waals surface area contributed by atoms with E-state index in [1.165, 1.54) is 0 Å². The van der Waals surface area contributed by atoms with Crippen molar-refractivity contribution >= 4 is 22.2 Å². The van der Waals surface area contributed by atoms with Crippen molar-refractivity contribution in [3.8, 4) is 11.5 Å². The molecule has 0 N–H and O–H groups in total. The zero-order valence-corrected chi connectivity index (χ0v) is 13.0. The first kappa shape index (κ1) is 14.4. The van der Waals surface area contributed by atoms with Gasteiger partial charge < -0.3 is 14.3 Å². The number of carbonyl (C=O) groups excluding carboxylic acids is 1. The number of aldehydes is 1. The fourth-order valence-electron chi connectivity index (χ4n) is 2.41. The maximum atomic E-state index is 10.6. The Balaban J connectivity index is 2.53. The Morgan fingerprint density at radius 2 is 2.11 bits per heavy atom. The molecule has 0 saturated heterocycles. The second-order valence-electron chi connectivity index (χ2n) is 4.99. The fourth-order valence-corrected chi connectivity index (χ4v) is 3.03. The Kier molecular flexibility index (Phi) is 4.86. The standard InChI is InChI=1S/C15H19BrO3/c1-10(2)14-11(5-3-6-17)12(16)9-13-15(14)19-8-4-7-18-13/h6,9-10H,3-5,7-8H2,1-2H3. The lowest BCUT2D eigenvalue weighted by Gasteiger charge is -2.20. The average molecular weight is 327 g/mol. The van der Waals surface area contributed by atoms with E-state index in [0.717, 1.165) is 46.2 Å². The SMILES string of the molecule is CC(C)c1c(CCC=O)c(Br)cc2c1OCCCO2. The van der Waals surface area contributed by atoms with Gasteiger partial charge >= 0.3 is 0 Å². The molecule has 0 atom stereocenters. The molecule has 3 nitrogen and oxygen atoms in total. The molecule has 0 radical (unpaired) electrons. The van der Waals surface area contributed by atoms with Crippen LogP contribution in [0.4, 0.5) is 0 Å². The Morgan fingerprint density at radius 3 is 2.79 bits per heavy atom. The van der Waals surface area contributed by atoms with Gasteiger partial charge in [-0.25, -0.2) is 0 Å². The molecule has 4 heteroatoms. The third-order valence-corrected chi connectivity index (χ3v) is 3.93. The quantitative estimate of drug-likeness (QED) is 0.788. The third kappa shape index (κ3) is 3.11. The zero-order chi connectivity index (χ0) is 13.8. The fraction of sp³-hybridized carbons (Fsp3) is 0.533. The summed E-state index contributed by atoms with van der Waals surface area (Å²) in [5.41, 5.74) is 2.32. The van der Waals surface area contributed by atoms with E-state index in [1.807, 2.05) is 6.07 Å². The van der Waals surface area contributed by atoms with E-state index in [2.05, 4.69) is 29.8 Å². The molecule has 1 aromatic carbocycles. The molecular formula is C15H19BrO3. The number of hydrogen-bond acceptors (Lipinski definition) is 3. The maximum Gasteiger partial charge on any atom is 0.164 e. The summed E-state index contributed by atoms with van der Waals surface area (Å²) in [5.74, 6) is 1.99. The molecule has 1 heterocycles. The monoisotopic (exact) mass is 326 g/mol. The Labute approximate surface area is 122 Å². The molecule has 1 aliphatic rings. The van der Waals surface area contributed by atoms with E-state index < -0.39 is 0 Å². The molecule has 19 heavy (non-hydrogen) atoms. The van der Waals surface area contributed by atoms with Crippen molar-refractivity contribution in [2.75, 3.05) is 13.2 Å². The summed E-state index contributed by atoms with van der Waals surface area (Å²) in [6, 6.07) is 1.96. The largest absolute Gasteiger partial charge is 0.490 e. The number of benzene rings is 1. The summed E-state index contributed by atoms with van der Waals surface area (Å²) in [7, 11) is 0. The maximum absolute atomic E-state index is 10.6. The molecule has 0 aliphatic carbocycles. The molecule has 104 valence electrons. The van der Waals surface area contributed by atoms with Crippen molar-refractivity contribution < 1.29 is 14.3 Å². The van der Waals surface area contributed by atoms with Crippen LogP contribution >= 0.6 is 15.9 Å². The summed E-state index contributed by atoms with van der Waals surface area (Å²) < 4.78 is 12.6. The molecule has 0 spiro atoms. The van der Waals surface area contributed by atoms with E-state index in [-0.39, 0.29) is 0 Å². The molecule has 0 bridgehead atoms. The van der Waals surface area contributed by atoms with Crippen LogP contribution < -0.4 is 9.47 Å². The first-order valence-electron chi connectivity index (χ1n) is 6.69. The van der Waals surface area contributed by atoms with Gasteiger partial charge in [0.15, 0.2) is 11.5 Å². The van der Waals surface area contributed by atoms with Crippen molar-refractivity contribution in [3.63, 3.8) is 0 Å². The van der Waals surface area contributed by atoms with Crippen molar-refractivity contribution in [3.05, 3.63) is 21.7 Å². The highest BCUT2D eigenvalue weighted by Crippen LogP contribution is 2.43. The van der Waals surface area contributed by atoms with Gasteiger partial charge in [-0.3, -0.25) is 0 Å². The normalized spacial score (nSPS) is 14.3. The Bertz CT molecular complexity index is 469. The van der Waals surface area contributed by atoms with E-state index in [9.17, 15) is 4.79 Å². The van der Waals surface area contributed by atoms with Crippen LogP contribution in [0.5, 0.6) is 11.5 Å². The van der Waals surface area contributed by atoms with Gasteiger partial charge in [-0.1, -0.05) is 29.8 Å². The Morgan fingerprint density at radius 1 is 1.37 bits per heavy atom. The second kappa shape index (κ2) is 6.42. The molecule has 0 unspecified atom stereocenters. The van der Waals surface area contributed by atoms with Gasteiger partial charge in [0.2, 0.25) is 0 Å². The number of halogens is 1. The van der Waals surface area contributed by atoms with Crippen LogP contribution in [-0.2, 0) is 11.2 Å². The van der Waals surface area contributed by atoms with Gasteiger partial charge in [-0.15, -0.1) is 0 Å². The third-order valence-electron chi connectivity index (χ3n) is 3.22. The molecule has 0 amide bonds. The van der Waals surface area contributed by atoms with Crippen LogP contribution in [0.15, 0.2) is 10.5 Å². The van der Waals surface area contributed by atoms with E-state index >= 15 is 0 Å². The molecular weight excluding hydrogens is 308 g/mol. The van der Waals surface area contributed by atoms with Crippen molar-refractivity contribution in [2.24, 2.45) is 0 Å². The van der Waals surface area contributed by atoms with Crippen molar-refractivity contribution in [1.82, 2.24) is 0 Å². The summed E-state index contributed by atoms with van der Waals surface area (Å²) in [5, 5.41) is 0. The minimum absolute atomic E-state index is 0.328. The number of rotatable bonds is 4. The molecule has 1 aromatic rings. The van der Waals surface area contributed by atoms with Crippen LogP contribution in [0.2, 0.25) is 0 Å². The number of ether oxygens (including phenoxy) is 2. The van der Waals surface area contributed by atoms with E-state index in [1.54, 1.807) is 0 Å². The van der Waals surface area contributed by atoms with Crippen LogP contribution in [-0.4, -0.2) is 19.5 Å². The second-order valence-corrected chi connectivity index (χ2v) is 5.84. The smallest absolute Gasteiger partial charge is 0.164 e. The van der Waals surface area contributed by atoms with Gasteiger partial charge in [-0.2, -0.15) is 0 Å². The van der Waals surface area contributed by atoms with Crippen LogP contribution in [0.25, 0.3) is 0 Å². The van der Waals surface area contributed by atoms with Gasteiger partial charge in [0.1, 0.15) is 6.29 Å². The van der Waals surface area contributed by atoms with Crippen LogP contribution in [0.3, 0.4) is 0 Å². The van der Waals surface area contributed by atoms with Crippen molar-refractivity contribution in [1.29, 1.82) is 0 Å². The van der Waals surface area contributed by atoms with E-state index in [4.69, 9.17) is 9.47 Å². The molecule has 1 aliphatic heterocycles. The summed E-state index contributed by atoms with van der Waals surface area (Å²) in [6.45, 7) is 5.65. The molecule has 0 aromatic heterocycles. The minimum Gasteiger partial charge on any atom is -0.490 e. The van der Waals surface area contributed by atoms with Crippen molar-refractivity contribution in [2.45, 2.75) is 39.0 Å². The Hall–Kier alpha value is -1.03. The summed E-state index contributed by atoms with van der Waals surface area (Å²) in [6.07, 6.45) is 3.11. The number of carbonyl (C=O) groups is 1. The molecule has 2 rings (SSSR count). The number of fused-ring (bicyclic) bond motifs is 1. The van der Waals surface area contributed by atoms with Crippen LogP contribution in [0, 0.1) is 0 Å². The predicted octanol–water partition coefficient (Wildman–Crippen LogP) is 3.87.